The van der Waals surface area contributed by atoms with Gasteiger partial charge in [0.25, 0.3) is 5.91 Å². The smallest absolute Gasteiger partial charge is 0.253 e. The van der Waals surface area contributed by atoms with Gasteiger partial charge in [-0.2, -0.15) is 0 Å². The van der Waals surface area contributed by atoms with Gasteiger partial charge in [0, 0.05) is 18.5 Å². The number of anilines is 1. The van der Waals surface area contributed by atoms with Crippen molar-refractivity contribution in [3.05, 3.63) is 77.9 Å². The maximum absolute atomic E-state index is 13.2. The first kappa shape index (κ1) is 21.1. The van der Waals surface area contributed by atoms with Crippen LogP contribution in [0.4, 0.5) is 5.69 Å². The summed E-state index contributed by atoms with van der Waals surface area (Å²) in [6.07, 6.45) is 2.69. The molecule has 1 fully saturated rings. The van der Waals surface area contributed by atoms with E-state index in [1.54, 1.807) is 0 Å². The van der Waals surface area contributed by atoms with Gasteiger partial charge in [0.2, 0.25) is 5.91 Å². The van der Waals surface area contributed by atoms with Crippen LogP contribution in [-0.2, 0) is 11.2 Å². The Hall–Kier alpha value is -3.18. The summed E-state index contributed by atoms with van der Waals surface area (Å²) in [4.78, 5) is 27.7. The molecule has 1 atom stereocenters. The molecule has 160 valence electrons. The highest BCUT2D eigenvalue weighted by molar-refractivity contribution is 6.08. The maximum atomic E-state index is 13.2. The maximum Gasteiger partial charge on any atom is 0.253 e. The summed E-state index contributed by atoms with van der Waals surface area (Å²) in [5.74, 6) is -0.0947. The molecule has 2 N–H and O–H groups in total. The molecule has 0 bridgehead atoms. The predicted molar refractivity (Wildman–Crippen MR) is 125 cm³/mol. The Kier molecular flexibility index (Phi) is 6.33. The van der Waals surface area contributed by atoms with Crippen molar-refractivity contribution < 1.29 is 9.59 Å². The van der Waals surface area contributed by atoms with Gasteiger partial charge in [0.1, 0.15) is 0 Å². The highest BCUT2D eigenvalue weighted by Crippen LogP contribution is 2.32. The van der Waals surface area contributed by atoms with Crippen molar-refractivity contribution in [3.63, 3.8) is 0 Å². The molecule has 0 spiro atoms. The summed E-state index contributed by atoms with van der Waals surface area (Å²) in [6, 6.07) is 22.1. The van der Waals surface area contributed by atoms with E-state index in [0.29, 0.717) is 17.8 Å². The zero-order chi connectivity index (χ0) is 21.8. The molecule has 4 rings (SSSR count). The van der Waals surface area contributed by atoms with E-state index in [9.17, 15) is 9.59 Å². The Morgan fingerprint density at radius 1 is 0.968 bits per heavy atom. The third-order valence-electron chi connectivity index (χ3n) is 5.88. The van der Waals surface area contributed by atoms with Crippen LogP contribution in [0.5, 0.6) is 0 Å². The van der Waals surface area contributed by atoms with E-state index in [1.807, 2.05) is 68.7 Å². The largest absolute Gasteiger partial charge is 0.350 e. The van der Waals surface area contributed by atoms with Crippen molar-refractivity contribution in [1.82, 2.24) is 10.2 Å². The molecule has 0 heterocycles. The summed E-state index contributed by atoms with van der Waals surface area (Å²) >= 11 is 0. The van der Waals surface area contributed by atoms with Crippen molar-refractivity contribution in [1.29, 1.82) is 0 Å². The lowest BCUT2D eigenvalue weighted by atomic mass is 10.0. The fourth-order valence-electron chi connectivity index (χ4n) is 3.74. The SMILES string of the molecule is CN(C)C(CNC(=O)c1cc2ccccc2cc1NC(=O)C1CC1)Cc1ccccc1. The first-order valence-corrected chi connectivity index (χ1v) is 10.8. The first-order chi connectivity index (χ1) is 15.0. The molecule has 0 aromatic heterocycles. The predicted octanol–water partition coefficient (Wildman–Crippen LogP) is 4.09. The monoisotopic (exact) mass is 415 g/mol. The van der Waals surface area contributed by atoms with Crippen LogP contribution >= 0.6 is 0 Å². The van der Waals surface area contributed by atoms with Crippen LogP contribution in [0.1, 0.15) is 28.8 Å². The van der Waals surface area contributed by atoms with E-state index in [2.05, 4.69) is 27.7 Å². The van der Waals surface area contributed by atoms with E-state index in [4.69, 9.17) is 0 Å². The third-order valence-corrected chi connectivity index (χ3v) is 5.88. The molecule has 1 aliphatic carbocycles. The number of hydrogen-bond acceptors (Lipinski definition) is 3. The molecular formula is C26H29N3O2. The van der Waals surface area contributed by atoms with E-state index >= 15 is 0 Å². The van der Waals surface area contributed by atoms with Gasteiger partial charge in [-0.05, 0) is 61.8 Å². The van der Waals surface area contributed by atoms with Gasteiger partial charge in [-0.3, -0.25) is 9.59 Å². The van der Waals surface area contributed by atoms with E-state index < -0.39 is 0 Å². The minimum Gasteiger partial charge on any atom is -0.350 e. The Balaban J connectivity index is 1.53. The molecule has 31 heavy (non-hydrogen) atoms. The van der Waals surface area contributed by atoms with Crippen molar-refractivity contribution in [2.24, 2.45) is 5.92 Å². The summed E-state index contributed by atoms with van der Waals surface area (Å²) in [5.41, 5.74) is 2.32. The molecule has 2 amide bonds. The number of amides is 2. The molecule has 1 saturated carbocycles. The van der Waals surface area contributed by atoms with Gasteiger partial charge < -0.3 is 15.5 Å². The summed E-state index contributed by atoms with van der Waals surface area (Å²) in [5, 5.41) is 8.06. The Morgan fingerprint density at radius 2 is 1.61 bits per heavy atom. The van der Waals surface area contributed by atoms with Crippen LogP contribution in [0.15, 0.2) is 66.7 Å². The van der Waals surface area contributed by atoms with Gasteiger partial charge in [-0.25, -0.2) is 0 Å². The van der Waals surface area contributed by atoms with Gasteiger partial charge >= 0.3 is 0 Å². The number of benzene rings is 3. The summed E-state index contributed by atoms with van der Waals surface area (Å²) in [7, 11) is 4.05. The quantitative estimate of drug-likeness (QED) is 0.583. The molecule has 0 saturated heterocycles. The highest BCUT2D eigenvalue weighted by Gasteiger charge is 2.30. The second kappa shape index (κ2) is 9.31. The molecule has 0 aliphatic heterocycles. The second-order valence-corrected chi connectivity index (χ2v) is 8.53. The number of carbonyl (C=O) groups is 2. The Bertz CT molecular complexity index is 1070. The average molecular weight is 416 g/mol. The molecule has 1 aliphatic rings. The summed E-state index contributed by atoms with van der Waals surface area (Å²) < 4.78 is 0. The van der Waals surface area contributed by atoms with E-state index in [0.717, 1.165) is 30.0 Å². The number of nitrogens with one attached hydrogen (secondary N) is 2. The van der Waals surface area contributed by atoms with Crippen LogP contribution in [-0.4, -0.2) is 43.4 Å². The normalized spacial score (nSPS) is 14.4. The Labute approximate surface area is 183 Å². The number of fused-ring (bicyclic) bond motifs is 1. The minimum atomic E-state index is -0.170. The lowest BCUT2D eigenvalue weighted by molar-refractivity contribution is -0.117. The third kappa shape index (κ3) is 5.30. The Morgan fingerprint density at radius 3 is 2.26 bits per heavy atom. The number of nitrogens with zero attached hydrogens (tertiary/aromatic N) is 1. The van der Waals surface area contributed by atoms with Crippen molar-refractivity contribution >= 4 is 28.3 Å². The average Bonchev–Trinajstić information content (AvgIpc) is 3.62. The molecule has 3 aromatic rings. The van der Waals surface area contributed by atoms with Crippen LogP contribution in [0.3, 0.4) is 0 Å². The standard InChI is InChI=1S/C26H29N3O2/c1-29(2)22(14-18-8-4-3-5-9-18)17-27-26(31)23-15-20-10-6-7-11-21(20)16-24(23)28-25(30)19-12-13-19/h3-11,15-16,19,22H,12-14,17H2,1-2H3,(H,27,31)(H,28,30). The molecule has 5 nitrogen and oxygen atoms in total. The highest BCUT2D eigenvalue weighted by atomic mass is 16.2. The van der Waals surface area contributed by atoms with Gasteiger partial charge in [-0.15, -0.1) is 0 Å². The molecule has 1 unspecified atom stereocenters. The van der Waals surface area contributed by atoms with Gasteiger partial charge in [-0.1, -0.05) is 54.6 Å². The van der Waals surface area contributed by atoms with E-state index in [-0.39, 0.29) is 23.8 Å². The van der Waals surface area contributed by atoms with Crippen LogP contribution in [0, 0.1) is 5.92 Å². The van der Waals surface area contributed by atoms with Crippen molar-refractivity contribution in [3.8, 4) is 0 Å². The lowest BCUT2D eigenvalue weighted by Gasteiger charge is -2.25. The molecule has 3 aromatic carbocycles. The number of carbonyl (C=O) groups excluding carboxylic acids is 2. The zero-order valence-corrected chi connectivity index (χ0v) is 18.1. The second-order valence-electron chi connectivity index (χ2n) is 8.53. The number of rotatable bonds is 8. The minimum absolute atomic E-state index is 0.000392. The molecule has 5 heteroatoms. The number of likely N-dealkylation sites (N-methyl/N-ethyl adjacent to an activating group) is 1. The van der Waals surface area contributed by atoms with Crippen LogP contribution in [0.2, 0.25) is 0 Å². The number of hydrogen-bond donors (Lipinski definition) is 2. The zero-order valence-electron chi connectivity index (χ0n) is 18.1. The van der Waals surface area contributed by atoms with Crippen molar-refractivity contribution in [2.45, 2.75) is 25.3 Å². The van der Waals surface area contributed by atoms with Crippen LogP contribution in [0.25, 0.3) is 10.8 Å². The first-order valence-electron chi connectivity index (χ1n) is 10.8. The summed E-state index contributed by atoms with van der Waals surface area (Å²) in [6.45, 7) is 0.517. The fraction of sp³-hybridized carbons (Fsp3) is 0.308. The van der Waals surface area contributed by atoms with Gasteiger partial charge in [0.05, 0.1) is 11.3 Å². The van der Waals surface area contributed by atoms with E-state index in [1.165, 1.54) is 5.56 Å². The van der Waals surface area contributed by atoms with Gasteiger partial charge in [0.15, 0.2) is 0 Å². The molecule has 0 radical (unpaired) electrons. The topological polar surface area (TPSA) is 61.4 Å². The van der Waals surface area contributed by atoms with Crippen molar-refractivity contribution in [2.75, 3.05) is 26.0 Å². The fourth-order valence-corrected chi connectivity index (χ4v) is 3.74. The van der Waals surface area contributed by atoms with Crippen LogP contribution < -0.4 is 10.6 Å². The molecular weight excluding hydrogens is 386 g/mol. The lowest BCUT2D eigenvalue weighted by Crippen LogP contribution is -2.41.